The molecule has 5 heteroatoms. The number of ether oxygens (including phenoxy) is 1. The molecule has 1 heterocycles. The van der Waals surface area contributed by atoms with Gasteiger partial charge in [-0.25, -0.2) is 4.39 Å². The van der Waals surface area contributed by atoms with Crippen LogP contribution >= 0.6 is 0 Å². The summed E-state index contributed by atoms with van der Waals surface area (Å²) < 4.78 is 20.2. The van der Waals surface area contributed by atoms with Gasteiger partial charge in [0, 0.05) is 17.3 Å². The van der Waals surface area contributed by atoms with E-state index in [2.05, 4.69) is 16.8 Å². The largest absolute Gasteiger partial charge is 0.481 e. The van der Waals surface area contributed by atoms with E-state index in [-0.39, 0.29) is 18.2 Å². The van der Waals surface area contributed by atoms with Gasteiger partial charge in [0.05, 0.1) is 12.3 Å². The molecule has 0 saturated carbocycles. The van der Waals surface area contributed by atoms with Crippen molar-refractivity contribution < 1.29 is 19.0 Å². The number of aliphatic carboxylic acids is 1. The standard InChI is InChI=1S/C28H24FNO3/c1-3-4-21(17-27(31)32)19-7-10-24(11-8-19)33-28(25-12-9-23(29)15-18(25)2)22-6-5-20-13-14-30-26(20)16-22/h5-16,21,28,30H,17H2,1-2H3,(H,31,32)/t21?,28-/m0/s1. The summed E-state index contributed by atoms with van der Waals surface area (Å²) in [6.07, 6.45) is 1.38. The van der Waals surface area contributed by atoms with Crippen LogP contribution in [0.4, 0.5) is 4.39 Å². The fourth-order valence-corrected chi connectivity index (χ4v) is 3.99. The maximum atomic E-state index is 13.8. The van der Waals surface area contributed by atoms with E-state index in [0.717, 1.165) is 33.2 Å². The summed E-state index contributed by atoms with van der Waals surface area (Å²) in [5, 5.41) is 10.3. The molecule has 4 rings (SSSR count). The van der Waals surface area contributed by atoms with Crippen molar-refractivity contribution in [1.82, 2.24) is 4.98 Å². The number of carboxylic acid groups (broad SMARTS) is 1. The molecule has 2 atom stereocenters. The molecular formula is C28H24FNO3. The number of rotatable bonds is 7. The zero-order valence-electron chi connectivity index (χ0n) is 18.4. The Bertz CT molecular complexity index is 1350. The van der Waals surface area contributed by atoms with E-state index in [4.69, 9.17) is 4.74 Å². The molecule has 1 aromatic heterocycles. The van der Waals surface area contributed by atoms with Gasteiger partial charge in [-0.3, -0.25) is 4.79 Å². The van der Waals surface area contributed by atoms with Gasteiger partial charge in [0.1, 0.15) is 17.7 Å². The maximum absolute atomic E-state index is 13.8. The lowest BCUT2D eigenvalue weighted by atomic mass is 9.95. The second-order valence-electron chi connectivity index (χ2n) is 7.94. The van der Waals surface area contributed by atoms with Crippen molar-refractivity contribution in [2.24, 2.45) is 0 Å². The molecule has 3 aromatic carbocycles. The summed E-state index contributed by atoms with van der Waals surface area (Å²) in [4.78, 5) is 14.4. The predicted molar refractivity (Wildman–Crippen MR) is 127 cm³/mol. The summed E-state index contributed by atoms with van der Waals surface area (Å²) >= 11 is 0. The van der Waals surface area contributed by atoms with E-state index < -0.39 is 12.1 Å². The van der Waals surface area contributed by atoms with Crippen LogP contribution in [0.15, 0.2) is 72.9 Å². The third-order valence-corrected chi connectivity index (χ3v) is 5.63. The number of hydrogen-bond donors (Lipinski definition) is 2. The third-order valence-electron chi connectivity index (χ3n) is 5.63. The molecule has 0 saturated heterocycles. The normalized spacial score (nSPS) is 12.6. The predicted octanol–water partition coefficient (Wildman–Crippen LogP) is 6.37. The van der Waals surface area contributed by atoms with Gasteiger partial charge in [-0.05, 0) is 72.3 Å². The van der Waals surface area contributed by atoms with Crippen LogP contribution in [0.3, 0.4) is 0 Å². The number of nitrogens with one attached hydrogen (secondary N) is 1. The number of fused-ring (bicyclic) bond motifs is 1. The first-order valence-electron chi connectivity index (χ1n) is 10.7. The Hall–Kier alpha value is -4.04. The molecule has 0 aliphatic heterocycles. The second-order valence-corrected chi connectivity index (χ2v) is 7.94. The summed E-state index contributed by atoms with van der Waals surface area (Å²) in [6, 6.07) is 20.1. The Morgan fingerprint density at radius 1 is 1.06 bits per heavy atom. The van der Waals surface area contributed by atoms with E-state index in [1.54, 1.807) is 13.0 Å². The SMILES string of the molecule is CC#CC(CC(=O)O)c1ccc(O[C@@H](c2ccc3cc[nH]c3c2)c2ccc(F)cc2C)cc1. The highest BCUT2D eigenvalue weighted by Crippen LogP contribution is 2.33. The number of aromatic amines is 1. The van der Waals surface area contributed by atoms with E-state index >= 15 is 0 Å². The van der Waals surface area contributed by atoms with Crippen molar-refractivity contribution in [3.8, 4) is 17.6 Å². The Morgan fingerprint density at radius 3 is 2.52 bits per heavy atom. The molecule has 0 aliphatic carbocycles. The van der Waals surface area contributed by atoms with Crippen LogP contribution in [0.25, 0.3) is 10.9 Å². The lowest BCUT2D eigenvalue weighted by Crippen LogP contribution is -2.11. The lowest BCUT2D eigenvalue weighted by Gasteiger charge is -2.22. The number of hydrogen-bond acceptors (Lipinski definition) is 2. The number of carbonyl (C=O) groups is 1. The summed E-state index contributed by atoms with van der Waals surface area (Å²) in [5.41, 5.74) is 4.41. The van der Waals surface area contributed by atoms with E-state index in [1.807, 2.05) is 61.7 Å². The fourth-order valence-electron chi connectivity index (χ4n) is 3.99. The first kappa shape index (κ1) is 22.2. The average Bonchev–Trinajstić information content (AvgIpc) is 3.26. The van der Waals surface area contributed by atoms with Gasteiger partial charge in [0.15, 0.2) is 0 Å². The molecule has 33 heavy (non-hydrogen) atoms. The molecule has 0 spiro atoms. The van der Waals surface area contributed by atoms with Crippen molar-refractivity contribution in [2.75, 3.05) is 0 Å². The zero-order valence-corrected chi connectivity index (χ0v) is 18.4. The topological polar surface area (TPSA) is 62.3 Å². The highest BCUT2D eigenvalue weighted by molar-refractivity contribution is 5.80. The van der Waals surface area contributed by atoms with Gasteiger partial charge in [-0.1, -0.05) is 36.3 Å². The van der Waals surface area contributed by atoms with Crippen molar-refractivity contribution in [3.63, 3.8) is 0 Å². The second kappa shape index (κ2) is 9.62. The average molecular weight is 442 g/mol. The third kappa shape index (κ3) is 5.07. The maximum Gasteiger partial charge on any atom is 0.304 e. The van der Waals surface area contributed by atoms with Crippen molar-refractivity contribution in [2.45, 2.75) is 32.3 Å². The number of aryl methyl sites for hydroxylation is 1. The van der Waals surface area contributed by atoms with Crippen LogP contribution in [0, 0.1) is 24.6 Å². The molecular weight excluding hydrogens is 417 g/mol. The molecule has 0 radical (unpaired) electrons. The lowest BCUT2D eigenvalue weighted by molar-refractivity contribution is -0.137. The van der Waals surface area contributed by atoms with Gasteiger partial charge in [0.25, 0.3) is 0 Å². The Kier molecular flexibility index (Phi) is 6.46. The number of carboxylic acids is 1. The van der Waals surface area contributed by atoms with Gasteiger partial charge < -0.3 is 14.8 Å². The monoisotopic (exact) mass is 441 g/mol. The van der Waals surface area contributed by atoms with E-state index in [9.17, 15) is 14.3 Å². The van der Waals surface area contributed by atoms with Crippen LogP contribution in [0.1, 0.15) is 47.6 Å². The van der Waals surface area contributed by atoms with Gasteiger partial charge >= 0.3 is 5.97 Å². The van der Waals surface area contributed by atoms with E-state index in [1.165, 1.54) is 12.1 Å². The molecule has 0 bridgehead atoms. The first-order chi connectivity index (χ1) is 15.9. The Morgan fingerprint density at radius 2 is 1.82 bits per heavy atom. The molecule has 166 valence electrons. The number of benzene rings is 3. The summed E-state index contributed by atoms with van der Waals surface area (Å²) in [6.45, 7) is 3.56. The number of halogens is 1. The highest BCUT2D eigenvalue weighted by atomic mass is 19.1. The quantitative estimate of drug-likeness (QED) is 0.328. The first-order valence-corrected chi connectivity index (χ1v) is 10.7. The Labute approximate surface area is 192 Å². The van der Waals surface area contributed by atoms with E-state index in [0.29, 0.717) is 5.75 Å². The minimum absolute atomic E-state index is 0.0609. The van der Waals surface area contributed by atoms with Gasteiger partial charge in [-0.2, -0.15) is 0 Å². The van der Waals surface area contributed by atoms with Crippen molar-refractivity contribution in [1.29, 1.82) is 0 Å². The minimum atomic E-state index is -0.894. The van der Waals surface area contributed by atoms with Crippen LogP contribution in [0.5, 0.6) is 5.75 Å². The minimum Gasteiger partial charge on any atom is -0.481 e. The van der Waals surface area contributed by atoms with Crippen LogP contribution in [0.2, 0.25) is 0 Å². The fraction of sp³-hybridized carbons (Fsp3) is 0.179. The molecule has 2 N–H and O–H groups in total. The molecule has 4 nitrogen and oxygen atoms in total. The van der Waals surface area contributed by atoms with Gasteiger partial charge in [0.2, 0.25) is 0 Å². The molecule has 1 unspecified atom stereocenters. The molecule has 4 aromatic rings. The number of H-pyrrole nitrogens is 1. The van der Waals surface area contributed by atoms with Crippen LogP contribution < -0.4 is 4.74 Å². The molecule has 0 aliphatic rings. The van der Waals surface area contributed by atoms with Crippen molar-refractivity contribution >= 4 is 16.9 Å². The smallest absolute Gasteiger partial charge is 0.304 e. The number of aromatic nitrogens is 1. The molecule has 0 amide bonds. The Balaban J connectivity index is 1.69. The summed E-state index contributed by atoms with van der Waals surface area (Å²) in [5.74, 6) is 4.82. The summed E-state index contributed by atoms with van der Waals surface area (Å²) in [7, 11) is 0. The zero-order chi connectivity index (χ0) is 23.4. The van der Waals surface area contributed by atoms with Crippen LogP contribution in [-0.2, 0) is 4.79 Å². The van der Waals surface area contributed by atoms with Crippen molar-refractivity contribution in [3.05, 3.63) is 101 Å². The van der Waals surface area contributed by atoms with Crippen LogP contribution in [-0.4, -0.2) is 16.1 Å². The molecule has 0 fully saturated rings. The highest BCUT2D eigenvalue weighted by Gasteiger charge is 2.20. The van der Waals surface area contributed by atoms with Gasteiger partial charge in [-0.15, -0.1) is 5.92 Å².